The Morgan fingerprint density at radius 1 is 0.973 bits per heavy atom. The highest BCUT2D eigenvalue weighted by Gasteiger charge is 2.32. The van der Waals surface area contributed by atoms with E-state index in [0.29, 0.717) is 23.7 Å². The molecule has 7 heteroatoms. The first-order valence-corrected chi connectivity index (χ1v) is 15.0. The molecule has 0 spiro atoms. The molecule has 1 aliphatic carbocycles. The van der Waals surface area contributed by atoms with Crippen LogP contribution in [0.2, 0.25) is 5.02 Å². The number of carbonyl (C=O) groups excluding carboxylic acids is 2. The number of benzene rings is 3. The molecule has 0 heterocycles. The number of amides is 2. The average molecular weight is 600 g/mol. The fourth-order valence-corrected chi connectivity index (χ4v) is 6.34. The molecule has 194 valence electrons. The van der Waals surface area contributed by atoms with E-state index >= 15 is 0 Å². The van der Waals surface area contributed by atoms with Crippen molar-refractivity contribution >= 4 is 51.1 Å². The smallest absolute Gasteiger partial charge is 0.243 e. The van der Waals surface area contributed by atoms with Gasteiger partial charge in [0.25, 0.3) is 0 Å². The van der Waals surface area contributed by atoms with Gasteiger partial charge in [-0.1, -0.05) is 101 Å². The number of nitrogens with zero attached hydrogens (tertiary/aromatic N) is 1. The van der Waals surface area contributed by atoms with Crippen LogP contribution in [0.15, 0.2) is 83.3 Å². The lowest BCUT2D eigenvalue weighted by atomic mass is 10.0. The van der Waals surface area contributed by atoms with Crippen molar-refractivity contribution in [2.45, 2.75) is 56.5 Å². The molecule has 37 heavy (non-hydrogen) atoms. The number of hydrogen-bond acceptors (Lipinski definition) is 3. The van der Waals surface area contributed by atoms with Crippen LogP contribution in [0.3, 0.4) is 0 Å². The number of rotatable bonds is 11. The molecule has 0 aromatic heterocycles. The van der Waals surface area contributed by atoms with Gasteiger partial charge in [0, 0.05) is 34.3 Å². The van der Waals surface area contributed by atoms with E-state index in [0.717, 1.165) is 46.8 Å². The van der Waals surface area contributed by atoms with Crippen LogP contribution in [-0.4, -0.2) is 34.6 Å². The van der Waals surface area contributed by atoms with Gasteiger partial charge in [-0.3, -0.25) is 9.59 Å². The molecular formula is C30H32BrClN2O2S. The zero-order valence-electron chi connectivity index (χ0n) is 20.7. The van der Waals surface area contributed by atoms with Crippen LogP contribution in [0.1, 0.15) is 42.4 Å². The monoisotopic (exact) mass is 598 g/mol. The van der Waals surface area contributed by atoms with Gasteiger partial charge in [0.05, 0.1) is 5.75 Å². The average Bonchev–Trinajstić information content (AvgIpc) is 3.41. The zero-order chi connectivity index (χ0) is 26.0. The maximum Gasteiger partial charge on any atom is 0.243 e. The number of carbonyl (C=O) groups is 2. The maximum atomic E-state index is 13.8. The first-order chi connectivity index (χ1) is 18.0. The van der Waals surface area contributed by atoms with Crippen LogP contribution < -0.4 is 5.32 Å². The van der Waals surface area contributed by atoms with Gasteiger partial charge in [-0.25, -0.2) is 0 Å². The molecule has 2 amide bonds. The number of halogens is 2. The van der Waals surface area contributed by atoms with E-state index in [4.69, 9.17) is 11.6 Å². The van der Waals surface area contributed by atoms with Crippen LogP contribution in [0.25, 0.3) is 0 Å². The van der Waals surface area contributed by atoms with Crippen LogP contribution in [0, 0.1) is 0 Å². The summed E-state index contributed by atoms with van der Waals surface area (Å²) in [5, 5.41) is 3.96. The Morgan fingerprint density at radius 2 is 1.68 bits per heavy atom. The van der Waals surface area contributed by atoms with E-state index in [1.807, 2.05) is 78.9 Å². The fraction of sp³-hybridized carbons (Fsp3) is 0.333. The SMILES string of the molecule is O=C(NC1CCCC1)C(Cc1ccccc1)N(Cc1cccc(Br)c1)C(=O)CSCc1ccccc1Cl. The van der Waals surface area contributed by atoms with Gasteiger partial charge >= 0.3 is 0 Å². The molecule has 4 nitrogen and oxygen atoms in total. The van der Waals surface area contributed by atoms with E-state index in [1.165, 1.54) is 11.8 Å². The second-order valence-electron chi connectivity index (χ2n) is 9.43. The summed E-state index contributed by atoms with van der Waals surface area (Å²) in [5.74, 6) is 0.768. The predicted molar refractivity (Wildman–Crippen MR) is 157 cm³/mol. The van der Waals surface area contributed by atoms with Crippen molar-refractivity contribution in [1.29, 1.82) is 0 Å². The molecule has 1 saturated carbocycles. The maximum absolute atomic E-state index is 13.8. The number of hydrogen-bond donors (Lipinski definition) is 1. The summed E-state index contributed by atoms with van der Waals surface area (Å²) >= 11 is 11.4. The van der Waals surface area contributed by atoms with Crippen LogP contribution in [-0.2, 0) is 28.3 Å². The van der Waals surface area contributed by atoms with Gasteiger partial charge in [-0.05, 0) is 47.7 Å². The molecule has 0 aliphatic heterocycles. The van der Waals surface area contributed by atoms with Crippen molar-refractivity contribution in [3.05, 3.63) is 105 Å². The van der Waals surface area contributed by atoms with Crippen LogP contribution in [0.5, 0.6) is 0 Å². The quantitative estimate of drug-likeness (QED) is 0.257. The Kier molecular flexibility index (Phi) is 10.5. The Balaban J connectivity index is 1.57. The van der Waals surface area contributed by atoms with E-state index in [-0.39, 0.29) is 23.6 Å². The topological polar surface area (TPSA) is 49.4 Å². The second kappa shape index (κ2) is 14.0. The third-order valence-corrected chi connectivity index (χ3v) is 8.48. The molecule has 1 atom stereocenters. The molecule has 0 saturated heterocycles. The summed E-state index contributed by atoms with van der Waals surface area (Å²) in [5.41, 5.74) is 3.01. The Bertz CT molecular complexity index is 1190. The third kappa shape index (κ3) is 8.36. The van der Waals surface area contributed by atoms with E-state index in [1.54, 1.807) is 4.90 Å². The predicted octanol–water partition coefficient (Wildman–Crippen LogP) is 7.03. The van der Waals surface area contributed by atoms with Crippen molar-refractivity contribution < 1.29 is 9.59 Å². The molecule has 0 radical (unpaired) electrons. The summed E-state index contributed by atoms with van der Waals surface area (Å²) in [4.78, 5) is 29.2. The van der Waals surface area contributed by atoms with Gasteiger partial charge in [0.15, 0.2) is 0 Å². The first-order valence-electron chi connectivity index (χ1n) is 12.7. The van der Waals surface area contributed by atoms with Crippen molar-refractivity contribution in [3.8, 4) is 0 Å². The van der Waals surface area contributed by atoms with Crippen LogP contribution >= 0.6 is 39.3 Å². The summed E-state index contributed by atoms with van der Waals surface area (Å²) < 4.78 is 0.945. The second-order valence-corrected chi connectivity index (χ2v) is 11.7. The summed E-state index contributed by atoms with van der Waals surface area (Å²) in [6, 6.07) is 25.1. The summed E-state index contributed by atoms with van der Waals surface area (Å²) in [7, 11) is 0. The van der Waals surface area contributed by atoms with Gasteiger partial charge in [0.2, 0.25) is 11.8 Å². The lowest BCUT2D eigenvalue weighted by Gasteiger charge is -2.32. The highest BCUT2D eigenvalue weighted by molar-refractivity contribution is 9.10. The molecule has 1 N–H and O–H groups in total. The molecule has 0 bridgehead atoms. The van der Waals surface area contributed by atoms with E-state index in [2.05, 4.69) is 21.2 Å². The highest BCUT2D eigenvalue weighted by Crippen LogP contribution is 2.24. The van der Waals surface area contributed by atoms with Gasteiger partial charge in [-0.15, -0.1) is 11.8 Å². The van der Waals surface area contributed by atoms with Crippen molar-refractivity contribution in [2.75, 3.05) is 5.75 Å². The van der Waals surface area contributed by atoms with E-state index < -0.39 is 6.04 Å². The Morgan fingerprint density at radius 3 is 2.41 bits per heavy atom. The standard InChI is InChI=1S/C30H32BrClN2O2S/c31-25-13-8-11-23(17-25)19-34(29(35)21-37-20-24-12-4-7-16-27(24)32)28(18-22-9-2-1-3-10-22)30(36)33-26-14-5-6-15-26/h1-4,7-13,16-17,26,28H,5-6,14-15,18-21H2,(H,33,36). The minimum Gasteiger partial charge on any atom is -0.352 e. The zero-order valence-corrected chi connectivity index (χ0v) is 23.9. The van der Waals surface area contributed by atoms with Gasteiger partial charge in [0.1, 0.15) is 6.04 Å². The largest absolute Gasteiger partial charge is 0.352 e. The molecule has 1 unspecified atom stereocenters. The minimum atomic E-state index is -0.601. The van der Waals surface area contributed by atoms with Crippen LogP contribution in [0.4, 0.5) is 0 Å². The van der Waals surface area contributed by atoms with Crippen molar-refractivity contribution in [3.63, 3.8) is 0 Å². The molecule has 1 aliphatic rings. The van der Waals surface area contributed by atoms with Crippen molar-refractivity contribution in [2.24, 2.45) is 0 Å². The highest BCUT2D eigenvalue weighted by atomic mass is 79.9. The number of nitrogens with one attached hydrogen (secondary N) is 1. The van der Waals surface area contributed by atoms with Crippen molar-refractivity contribution in [1.82, 2.24) is 10.2 Å². The Hall–Kier alpha value is -2.28. The normalized spacial score (nSPS) is 14.3. The lowest BCUT2D eigenvalue weighted by Crippen LogP contribution is -2.52. The van der Waals surface area contributed by atoms with Gasteiger partial charge in [-0.2, -0.15) is 0 Å². The minimum absolute atomic E-state index is 0.0560. The molecule has 4 rings (SSSR count). The van der Waals surface area contributed by atoms with Gasteiger partial charge < -0.3 is 10.2 Å². The fourth-order valence-electron chi connectivity index (χ4n) is 4.70. The third-order valence-electron chi connectivity index (χ3n) is 6.66. The Labute approximate surface area is 237 Å². The lowest BCUT2D eigenvalue weighted by molar-refractivity contribution is -0.139. The van der Waals surface area contributed by atoms with E-state index in [9.17, 15) is 9.59 Å². The molecule has 3 aromatic rings. The first kappa shape index (κ1) is 27.7. The molecule has 1 fully saturated rings. The summed E-state index contributed by atoms with van der Waals surface area (Å²) in [6.45, 7) is 0.362. The molecule has 3 aromatic carbocycles. The molecular weight excluding hydrogens is 568 g/mol. The summed E-state index contributed by atoms with van der Waals surface area (Å²) in [6.07, 6.45) is 4.73. The number of thioether (sulfide) groups is 1.